The van der Waals surface area contributed by atoms with Crippen LogP contribution in [-0.4, -0.2) is 27.0 Å². The molecule has 2 heterocycles. The number of aromatic nitrogens is 2. The summed E-state index contributed by atoms with van der Waals surface area (Å²) in [6.45, 7) is 0. The van der Waals surface area contributed by atoms with E-state index in [9.17, 15) is 9.59 Å². The summed E-state index contributed by atoms with van der Waals surface area (Å²) in [5.74, 6) is -1.59. The van der Waals surface area contributed by atoms with E-state index in [-0.39, 0.29) is 10.7 Å². The summed E-state index contributed by atoms with van der Waals surface area (Å²) >= 11 is 0.913. The highest BCUT2D eigenvalue weighted by molar-refractivity contribution is 7.11. The Hall–Kier alpha value is -2.28. The molecule has 2 rings (SSSR count). The molecule has 0 spiro atoms. The van der Waals surface area contributed by atoms with E-state index < -0.39 is 11.9 Å². The molecule has 86 valence electrons. The number of pyridine rings is 1. The van der Waals surface area contributed by atoms with Crippen LogP contribution >= 0.6 is 11.3 Å². The number of carboxylic acids is 1. The Morgan fingerprint density at radius 1 is 1.29 bits per heavy atom. The Labute approximate surface area is 100.0 Å². The van der Waals surface area contributed by atoms with Gasteiger partial charge in [-0.15, -0.1) is 11.3 Å². The van der Waals surface area contributed by atoms with Gasteiger partial charge in [0.15, 0.2) is 0 Å². The van der Waals surface area contributed by atoms with E-state index in [0.29, 0.717) is 5.69 Å². The van der Waals surface area contributed by atoms with Gasteiger partial charge >= 0.3 is 5.97 Å². The second kappa shape index (κ2) is 4.71. The van der Waals surface area contributed by atoms with Crippen LogP contribution in [0.3, 0.4) is 0 Å². The smallest absolute Gasteiger partial charge is 0.365 e. The maximum atomic E-state index is 11.7. The number of hydrogen-bond acceptors (Lipinski definition) is 5. The first-order chi connectivity index (χ1) is 8.16. The van der Waals surface area contributed by atoms with Crippen molar-refractivity contribution >= 4 is 28.9 Å². The molecule has 0 bridgehead atoms. The number of carboxylic acid groups (broad SMARTS) is 1. The Kier molecular flexibility index (Phi) is 3.10. The third kappa shape index (κ3) is 2.64. The molecule has 17 heavy (non-hydrogen) atoms. The Morgan fingerprint density at radius 2 is 2.00 bits per heavy atom. The number of nitrogens with zero attached hydrogens (tertiary/aromatic N) is 2. The second-order valence-corrected chi connectivity index (χ2v) is 3.89. The largest absolute Gasteiger partial charge is 0.476 e. The average Bonchev–Trinajstić information content (AvgIpc) is 2.79. The van der Waals surface area contributed by atoms with Gasteiger partial charge in [0.05, 0.1) is 0 Å². The highest BCUT2D eigenvalue weighted by Crippen LogP contribution is 2.12. The molecule has 2 N–H and O–H groups in total. The number of amides is 1. The quantitative estimate of drug-likeness (QED) is 0.859. The van der Waals surface area contributed by atoms with E-state index in [1.165, 1.54) is 5.38 Å². The fraction of sp³-hybridized carbons (Fsp3) is 0. The summed E-state index contributed by atoms with van der Waals surface area (Å²) in [7, 11) is 0. The number of anilines is 1. The summed E-state index contributed by atoms with van der Waals surface area (Å²) in [4.78, 5) is 29.8. The summed E-state index contributed by atoms with van der Waals surface area (Å²) in [5.41, 5.74) is 0.666. The van der Waals surface area contributed by atoms with Crippen molar-refractivity contribution in [2.24, 2.45) is 0 Å². The van der Waals surface area contributed by atoms with Gasteiger partial charge in [-0.1, -0.05) is 0 Å². The van der Waals surface area contributed by atoms with Crippen molar-refractivity contribution in [3.63, 3.8) is 0 Å². The monoisotopic (exact) mass is 249 g/mol. The lowest BCUT2D eigenvalue weighted by atomic mass is 10.4. The SMILES string of the molecule is O=C(Nc1ccncc1)c1csc(C(=O)O)n1. The molecule has 0 aromatic carbocycles. The molecule has 0 aliphatic carbocycles. The van der Waals surface area contributed by atoms with Gasteiger partial charge in [-0.25, -0.2) is 9.78 Å². The van der Waals surface area contributed by atoms with E-state index in [0.717, 1.165) is 11.3 Å². The molecule has 0 aliphatic rings. The fourth-order valence-corrected chi connectivity index (χ4v) is 1.74. The lowest BCUT2D eigenvalue weighted by molar-refractivity contribution is 0.0696. The highest BCUT2D eigenvalue weighted by atomic mass is 32.1. The van der Waals surface area contributed by atoms with Gasteiger partial charge in [0.2, 0.25) is 5.01 Å². The molecule has 0 radical (unpaired) electrons. The van der Waals surface area contributed by atoms with Crippen molar-refractivity contribution in [3.05, 3.63) is 40.6 Å². The van der Waals surface area contributed by atoms with Crippen LogP contribution in [0.2, 0.25) is 0 Å². The number of rotatable bonds is 3. The van der Waals surface area contributed by atoms with Crippen molar-refractivity contribution in [2.75, 3.05) is 5.32 Å². The number of aromatic carboxylic acids is 1. The first-order valence-electron chi connectivity index (χ1n) is 4.57. The molecule has 0 saturated heterocycles. The van der Waals surface area contributed by atoms with Gasteiger partial charge in [0, 0.05) is 23.5 Å². The van der Waals surface area contributed by atoms with Crippen molar-refractivity contribution in [1.82, 2.24) is 9.97 Å². The fourth-order valence-electron chi connectivity index (χ4n) is 1.11. The molecular weight excluding hydrogens is 242 g/mol. The zero-order valence-corrected chi connectivity index (χ0v) is 9.27. The average molecular weight is 249 g/mol. The molecule has 2 aromatic heterocycles. The molecule has 0 unspecified atom stereocenters. The van der Waals surface area contributed by atoms with Crippen LogP contribution in [0.5, 0.6) is 0 Å². The molecule has 6 nitrogen and oxygen atoms in total. The minimum absolute atomic E-state index is 0.0872. The number of thiazole rings is 1. The number of carbonyl (C=O) groups is 2. The van der Waals surface area contributed by atoms with E-state index in [4.69, 9.17) is 5.11 Å². The maximum Gasteiger partial charge on any atom is 0.365 e. The van der Waals surface area contributed by atoms with Crippen LogP contribution in [0.1, 0.15) is 20.3 Å². The van der Waals surface area contributed by atoms with Crippen LogP contribution in [0.25, 0.3) is 0 Å². The predicted octanol–water partition coefficient (Wildman–Crippen LogP) is 1.49. The van der Waals surface area contributed by atoms with Crippen LogP contribution < -0.4 is 5.32 Å². The van der Waals surface area contributed by atoms with E-state index in [1.807, 2.05) is 0 Å². The van der Waals surface area contributed by atoms with Crippen molar-refractivity contribution in [3.8, 4) is 0 Å². The lowest BCUT2D eigenvalue weighted by Gasteiger charge is -2.01. The normalized spacial score (nSPS) is 9.88. The standard InChI is InChI=1S/C10H7N3O3S/c14-8(12-6-1-3-11-4-2-6)7-5-17-9(13-7)10(15)16/h1-5H,(H,15,16)(H,11,12,14). The van der Waals surface area contributed by atoms with Crippen LogP contribution in [0, 0.1) is 0 Å². The molecule has 0 atom stereocenters. The third-order valence-corrected chi connectivity index (χ3v) is 2.69. The van der Waals surface area contributed by atoms with Gasteiger partial charge in [0.25, 0.3) is 5.91 Å². The first kappa shape index (κ1) is 11.2. The Balaban J connectivity index is 2.12. The van der Waals surface area contributed by atoms with E-state index >= 15 is 0 Å². The predicted molar refractivity (Wildman–Crippen MR) is 61.3 cm³/mol. The molecule has 0 aliphatic heterocycles. The molecule has 1 amide bonds. The molecular formula is C10H7N3O3S. The highest BCUT2D eigenvalue weighted by Gasteiger charge is 2.14. The minimum atomic E-state index is -1.14. The second-order valence-electron chi connectivity index (χ2n) is 3.03. The van der Waals surface area contributed by atoms with Gasteiger partial charge in [-0.05, 0) is 12.1 Å². The molecule has 0 fully saturated rings. The number of nitrogens with one attached hydrogen (secondary N) is 1. The van der Waals surface area contributed by atoms with Crippen molar-refractivity contribution in [2.45, 2.75) is 0 Å². The van der Waals surface area contributed by atoms with Gasteiger partial charge in [-0.2, -0.15) is 0 Å². The topological polar surface area (TPSA) is 92.2 Å². The summed E-state index contributed by atoms with van der Waals surface area (Å²) < 4.78 is 0. The first-order valence-corrected chi connectivity index (χ1v) is 5.45. The summed E-state index contributed by atoms with van der Waals surface area (Å²) in [6, 6.07) is 3.25. The van der Waals surface area contributed by atoms with Gasteiger partial charge in [0.1, 0.15) is 5.69 Å². The molecule has 0 saturated carbocycles. The van der Waals surface area contributed by atoms with Gasteiger partial charge < -0.3 is 10.4 Å². The van der Waals surface area contributed by atoms with Crippen molar-refractivity contribution < 1.29 is 14.7 Å². The van der Waals surface area contributed by atoms with Gasteiger partial charge in [-0.3, -0.25) is 9.78 Å². The number of hydrogen-bond donors (Lipinski definition) is 2. The Bertz CT molecular complexity index is 553. The molecule has 7 heteroatoms. The zero-order chi connectivity index (χ0) is 12.3. The summed E-state index contributed by atoms with van der Waals surface area (Å²) in [6.07, 6.45) is 3.08. The zero-order valence-electron chi connectivity index (χ0n) is 8.45. The van der Waals surface area contributed by atoms with E-state index in [1.54, 1.807) is 24.5 Å². The molecule has 2 aromatic rings. The lowest BCUT2D eigenvalue weighted by Crippen LogP contribution is -2.12. The van der Waals surface area contributed by atoms with Crippen LogP contribution in [-0.2, 0) is 0 Å². The third-order valence-electron chi connectivity index (χ3n) is 1.86. The summed E-state index contributed by atoms with van der Waals surface area (Å²) in [5, 5.41) is 12.6. The number of carbonyl (C=O) groups excluding carboxylic acids is 1. The van der Waals surface area contributed by atoms with Crippen molar-refractivity contribution in [1.29, 1.82) is 0 Å². The van der Waals surface area contributed by atoms with E-state index in [2.05, 4.69) is 15.3 Å². The van der Waals surface area contributed by atoms with Crippen LogP contribution in [0.15, 0.2) is 29.9 Å². The maximum absolute atomic E-state index is 11.7. The Morgan fingerprint density at radius 3 is 2.59 bits per heavy atom. The minimum Gasteiger partial charge on any atom is -0.476 e. The van der Waals surface area contributed by atoms with Crippen LogP contribution in [0.4, 0.5) is 5.69 Å².